The van der Waals surface area contributed by atoms with E-state index in [0.717, 1.165) is 51.4 Å². The molecule has 1 unspecified atom stereocenters. The van der Waals surface area contributed by atoms with Crippen molar-refractivity contribution < 1.29 is 43.1 Å². The van der Waals surface area contributed by atoms with Crippen molar-refractivity contribution in [2.75, 3.05) is 39.6 Å². The zero-order chi connectivity index (χ0) is 24.7. The molecule has 0 spiro atoms. The minimum atomic E-state index is -1.63. The lowest BCUT2D eigenvalue weighted by Gasteiger charge is -2.20. The van der Waals surface area contributed by atoms with Gasteiger partial charge in [-0.2, -0.15) is 0 Å². The molecule has 0 amide bonds. The van der Waals surface area contributed by atoms with Crippen molar-refractivity contribution in [2.45, 2.75) is 104 Å². The van der Waals surface area contributed by atoms with Crippen LogP contribution in [0.3, 0.4) is 0 Å². The van der Waals surface area contributed by atoms with Crippen LogP contribution in [-0.2, 0) is 38.0 Å². The van der Waals surface area contributed by atoms with Crippen molar-refractivity contribution in [3.05, 3.63) is 0 Å². The Morgan fingerprint density at radius 3 is 1.36 bits per heavy atom. The Kier molecular flexibility index (Phi) is 21.7. The molecule has 0 aromatic carbocycles. The van der Waals surface area contributed by atoms with Crippen molar-refractivity contribution in [1.82, 2.24) is 0 Å². The fourth-order valence-electron chi connectivity index (χ4n) is 2.43. The van der Waals surface area contributed by atoms with Crippen molar-refractivity contribution in [3.8, 4) is 0 Å². The summed E-state index contributed by atoms with van der Waals surface area (Å²) in [7, 11) is 0. The zero-order valence-corrected chi connectivity index (χ0v) is 21.1. The van der Waals surface area contributed by atoms with E-state index in [1.54, 1.807) is 0 Å². The second-order valence-corrected chi connectivity index (χ2v) is 7.79. The van der Waals surface area contributed by atoms with Crippen LogP contribution in [0.4, 0.5) is 0 Å². The van der Waals surface area contributed by atoms with Gasteiger partial charge in [0.05, 0.1) is 6.42 Å². The topological polar surface area (TPSA) is 110 Å². The first-order chi connectivity index (χ1) is 16.0. The Hall–Kier alpha value is -1.26. The van der Waals surface area contributed by atoms with Crippen molar-refractivity contribution in [1.29, 1.82) is 0 Å². The van der Waals surface area contributed by atoms with Crippen LogP contribution in [0.1, 0.15) is 85.5 Å². The quantitative estimate of drug-likeness (QED) is 0.133. The van der Waals surface area contributed by atoms with E-state index < -0.39 is 37.0 Å². The first-order valence-electron chi connectivity index (χ1n) is 12.4. The third-order valence-electron chi connectivity index (χ3n) is 4.58. The number of hydrogen-bond acceptors (Lipinski definition) is 9. The maximum absolute atomic E-state index is 12.1. The molecular formula is C24H46O9. The van der Waals surface area contributed by atoms with Gasteiger partial charge in [0.2, 0.25) is 0 Å². The van der Waals surface area contributed by atoms with Crippen molar-refractivity contribution >= 4 is 11.9 Å². The van der Waals surface area contributed by atoms with Crippen LogP contribution in [0.15, 0.2) is 0 Å². The lowest BCUT2D eigenvalue weighted by Crippen LogP contribution is -2.33. The Morgan fingerprint density at radius 1 is 0.636 bits per heavy atom. The molecule has 0 aromatic rings. The molecular weight excluding hydrogens is 432 g/mol. The van der Waals surface area contributed by atoms with E-state index in [9.17, 15) is 14.7 Å². The Morgan fingerprint density at radius 2 is 1.00 bits per heavy atom. The molecule has 0 bridgehead atoms. The summed E-state index contributed by atoms with van der Waals surface area (Å²) in [6.07, 6.45) is 3.83. The van der Waals surface area contributed by atoms with Crippen LogP contribution in [0, 0.1) is 0 Å². The van der Waals surface area contributed by atoms with E-state index in [4.69, 9.17) is 28.4 Å². The number of unbranched alkanes of at least 4 members (excludes halogenated alkanes) is 4. The van der Waals surface area contributed by atoms with Crippen LogP contribution < -0.4 is 0 Å². The molecule has 0 rings (SSSR count). The average molecular weight is 479 g/mol. The monoisotopic (exact) mass is 478 g/mol. The van der Waals surface area contributed by atoms with Crippen LogP contribution in [0.5, 0.6) is 0 Å². The summed E-state index contributed by atoms with van der Waals surface area (Å²) < 4.78 is 32.6. The zero-order valence-electron chi connectivity index (χ0n) is 21.1. The number of carbonyl (C=O) groups is 2. The minimum absolute atomic E-state index is 0.105. The summed E-state index contributed by atoms with van der Waals surface area (Å²) in [6, 6.07) is 0. The van der Waals surface area contributed by atoms with E-state index in [-0.39, 0.29) is 13.2 Å². The van der Waals surface area contributed by atoms with E-state index >= 15 is 0 Å². The molecule has 9 heteroatoms. The fraction of sp³-hybridized carbons (Fsp3) is 0.917. The first kappa shape index (κ1) is 31.7. The smallest absolute Gasteiger partial charge is 0.335 e. The van der Waals surface area contributed by atoms with Gasteiger partial charge in [0.15, 0.2) is 18.7 Å². The van der Waals surface area contributed by atoms with E-state index in [2.05, 4.69) is 0 Å². The third-order valence-corrected chi connectivity index (χ3v) is 4.58. The summed E-state index contributed by atoms with van der Waals surface area (Å²) in [5.74, 6) is -1.66. The highest BCUT2D eigenvalue weighted by Gasteiger charge is 2.24. The molecule has 0 aliphatic carbocycles. The molecule has 196 valence electrons. The Balaban J connectivity index is 4.40. The maximum atomic E-state index is 12.1. The predicted octanol–water partition coefficient (Wildman–Crippen LogP) is 3.74. The van der Waals surface area contributed by atoms with Crippen LogP contribution in [-0.4, -0.2) is 75.4 Å². The maximum Gasteiger partial charge on any atom is 0.335 e. The molecule has 0 fully saturated rings. The summed E-state index contributed by atoms with van der Waals surface area (Å²) in [5.41, 5.74) is 0. The summed E-state index contributed by atoms with van der Waals surface area (Å²) in [5, 5.41) is 10.0. The lowest BCUT2D eigenvalue weighted by molar-refractivity contribution is -0.192. The molecule has 0 saturated heterocycles. The van der Waals surface area contributed by atoms with Crippen molar-refractivity contribution in [3.63, 3.8) is 0 Å². The van der Waals surface area contributed by atoms with Crippen molar-refractivity contribution in [2.24, 2.45) is 0 Å². The second-order valence-electron chi connectivity index (χ2n) is 7.79. The standard InChI is InChI=1S/C24H46O9/c1-5-9-13-28-22(29-14-10-6-2)18-32-21(26)17-20(25)24(27)33-19-23(30-15-11-7-3)31-16-12-8-4/h20,22-23,25H,5-19H2,1-4H3. The molecule has 0 radical (unpaired) electrons. The Labute approximate surface area is 199 Å². The highest BCUT2D eigenvalue weighted by molar-refractivity contribution is 5.81. The number of esters is 2. The van der Waals surface area contributed by atoms with Gasteiger partial charge in [-0.05, 0) is 25.7 Å². The fourth-order valence-corrected chi connectivity index (χ4v) is 2.43. The highest BCUT2D eigenvalue weighted by atomic mass is 16.7. The number of carbonyl (C=O) groups excluding carboxylic acids is 2. The molecule has 1 atom stereocenters. The van der Waals surface area contributed by atoms with Gasteiger partial charge >= 0.3 is 11.9 Å². The van der Waals surface area contributed by atoms with Gasteiger partial charge in [0.1, 0.15) is 13.2 Å². The van der Waals surface area contributed by atoms with Gasteiger partial charge in [-0.1, -0.05) is 53.4 Å². The van der Waals surface area contributed by atoms with Gasteiger partial charge in [0, 0.05) is 26.4 Å². The predicted molar refractivity (Wildman–Crippen MR) is 124 cm³/mol. The van der Waals surface area contributed by atoms with E-state index in [1.165, 1.54) is 0 Å². The molecule has 0 aliphatic heterocycles. The number of aliphatic hydroxyl groups excluding tert-OH is 1. The third kappa shape index (κ3) is 18.8. The van der Waals surface area contributed by atoms with Gasteiger partial charge in [-0.3, -0.25) is 4.79 Å². The van der Waals surface area contributed by atoms with Gasteiger partial charge in [0.25, 0.3) is 0 Å². The summed E-state index contributed by atoms with van der Waals surface area (Å²) >= 11 is 0. The molecule has 1 N–H and O–H groups in total. The second kappa shape index (κ2) is 22.5. The van der Waals surface area contributed by atoms with Crippen LogP contribution in [0.2, 0.25) is 0 Å². The minimum Gasteiger partial charge on any atom is -0.460 e. The number of rotatable bonds is 23. The lowest BCUT2D eigenvalue weighted by atomic mass is 10.2. The molecule has 9 nitrogen and oxygen atoms in total. The molecule has 0 aliphatic rings. The van der Waals surface area contributed by atoms with Gasteiger partial charge in [-0.25, -0.2) is 4.79 Å². The largest absolute Gasteiger partial charge is 0.460 e. The summed E-state index contributed by atoms with van der Waals surface area (Å²) in [6.45, 7) is 9.91. The highest BCUT2D eigenvalue weighted by Crippen LogP contribution is 2.06. The van der Waals surface area contributed by atoms with Gasteiger partial charge in [-0.15, -0.1) is 0 Å². The molecule has 0 saturated carbocycles. The molecule has 33 heavy (non-hydrogen) atoms. The average Bonchev–Trinajstić information content (AvgIpc) is 2.80. The van der Waals surface area contributed by atoms with Gasteiger partial charge < -0.3 is 33.5 Å². The van der Waals surface area contributed by atoms with E-state index in [0.29, 0.717) is 26.4 Å². The number of aliphatic hydroxyl groups is 1. The normalized spacial score (nSPS) is 12.3. The Bertz CT molecular complexity index is 453. The SMILES string of the molecule is CCCCOC(COC(=O)CC(O)C(=O)OCC(OCCCC)OCCCC)OCCCC. The first-order valence-corrected chi connectivity index (χ1v) is 12.4. The molecule has 0 aromatic heterocycles. The van der Waals surface area contributed by atoms with Crippen LogP contribution >= 0.6 is 0 Å². The summed E-state index contributed by atoms with van der Waals surface area (Å²) in [4.78, 5) is 24.1. The van der Waals surface area contributed by atoms with E-state index in [1.807, 2.05) is 27.7 Å². The number of hydrogen-bond donors (Lipinski definition) is 1. The number of ether oxygens (including phenoxy) is 6. The van der Waals surface area contributed by atoms with Crippen LogP contribution in [0.25, 0.3) is 0 Å². The molecule has 0 heterocycles.